The molecule has 0 fully saturated rings. The van der Waals surface area contributed by atoms with Crippen LogP contribution in [0.3, 0.4) is 0 Å². The molecule has 1 unspecified atom stereocenters. The summed E-state index contributed by atoms with van der Waals surface area (Å²) in [6.07, 6.45) is 5.88. The van der Waals surface area contributed by atoms with Crippen LogP contribution in [-0.4, -0.2) is 5.91 Å². The van der Waals surface area contributed by atoms with E-state index in [1.165, 1.54) is 11.1 Å². The van der Waals surface area contributed by atoms with E-state index in [1.54, 1.807) is 0 Å². The monoisotopic (exact) mass is 165 g/mol. The minimum atomic E-state index is -0.214. The van der Waals surface area contributed by atoms with Crippen LogP contribution in [0.25, 0.3) is 0 Å². The highest BCUT2D eigenvalue weighted by Gasteiger charge is 2.16. The largest absolute Gasteiger partial charge is 0.369 e. The molecule has 2 nitrogen and oxygen atoms in total. The second kappa shape index (κ2) is 3.57. The van der Waals surface area contributed by atoms with E-state index in [4.69, 9.17) is 5.73 Å². The van der Waals surface area contributed by atoms with Crippen LogP contribution in [0.1, 0.15) is 26.7 Å². The number of nitrogens with two attached hydrogens (primary N) is 1. The second-order valence-electron chi connectivity index (χ2n) is 3.30. The first-order valence-electron chi connectivity index (χ1n) is 4.30. The Bertz CT molecular complexity index is 251. The number of primary amides is 1. The van der Waals surface area contributed by atoms with Crippen molar-refractivity contribution < 1.29 is 4.79 Å². The van der Waals surface area contributed by atoms with E-state index in [9.17, 15) is 4.79 Å². The fourth-order valence-electron chi connectivity index (χ4n) is 1.49. The summed E-state index contributed by atoms with van der Waals surface area (Å²) in [4.78, 5) is 10.9. The maximum atomic E-state index is 10.9. The van der Waals surface area contributed by atoms with E-state index in [0.717, 1.165) is 12.8 Å². The minimum Gasteiger partial charge on any atom is -0.369 e. The third-order valence-electron chi connectivity index (χ3n) is 2.16. The molecule has 1 amide bonds. The molecule has 2 N–H and O–H groups in total. The highest BCUT2D eigenvalue weighted by atomic mass is 16.1. The third-order valence-corrected chi connectivity index (χ3v) is 2.16. The van der Waals surface area contributed by atoms with Crippen molar-refractivity contribution in [2.75, 3.05) is 0 Å². The molecule has 12 heavy (non-hydrogen) atoms. The lowest BCUT2D eigenvalue weighted by Gasteiger charge is -2.16. The molecular weight excluding hydrogens is 150 g/mol. The zero-order chi connectivity index (χ0) is 9.14. The normalized spacial score (nSPS) is 23.0. The van der Waals surface area contributed by atoms with E-state index in [2.05, 4.69) is 13.0 Å². The van der Waals surface area contributed by atoms with Crippen molar-refractivity contribution in [3.05, 3.63) is 23.3 Å². The van der Waals surface area contributed by atoms with Gasteiger partial charge in [0.25, 0.3) is 0 Å². The van der Waals surface area contributed by atoms with Crippen LogP contribution in [0.5, 0.6) is 0 Å². The first-order valence-corrected chi connectivity index (χ1v) is 4.30. The van der Waals surface area contributed by atoms with Gasteiger partial charge in [-0.15, -0.1) is 0 Å². The van der Waals surface area contributed by atoms with Crippen molar-refractivity contribution in [3.8, 4) is 0 Å². The lowest BCUT2D eigenvalue weighted by atomic mass is 9.90. The van der Waals surface area contributed by atoms with Gasteiger partial charge in [0.1, 0.15) is 0 Å². The van der Waals surface area contributed by atoms with Crippen LogP contribution in [0.15, 0.2) is 23.3 Å². The summed E-state index contributed by atoms with van der Waals surface area (Å²) in [5.41, 5.74) is 7.71. The summed E-state index contributed by atoms with van der Waals surface area (Å²) in [5, 5.41) is 0. The quantitative estimate of drug-likeness (QED) is 0.665. The zero-order valence-corrected chi connectivity index (χ0v) is 7.63. The predicted molar refractivity (Wildman–Crippen MR) is 49.4 cm³/mol. The summed E-state index contributed by atoms with van der Waals surface area (Å²) in [6.45, 7) is 4.12. The van der Waals surface area contributed by atoms with Crippen molar-refractivity contribution in [1.82, 2.24) is 0 Å². The number of allylic oxidation sites excluding steroid dienone is 3. The molecule has 0 saturated carbocycles. The van der Waals surface area contributed by atoms with Crippen LogP contribution in [0, 0.1) is 5.92 Å². The average Bonchev–Trinajstić information content (AvgIpc) is 2.03. The fraction of sp³-hybridized carbons (Fsp3) is 0.500. The van der Waals surface area contributed by atoms with Crippen molar-refractivity contribution in [1.29, 1.82) is 0 Å². The SMILES string of the molecule is CCC1=CC(C(N)=O)CC(C)=C1. The number of carbonyl (C=O) groups excluding carboxylic acids is 1. The van der Waals surface area contributed by atoms with Gasteiger partial charge in [-0.3, -0.25) is 4.79 Å². The molecule has 0 saturated heterocycles. The molecule has 1 rings (SSSR count). The van der Waals surface area contributed by atoms with Crippen LogP contribution < -0.4 is 5.73 Å². The molecule has 0 aliphatic heterocycles. The van der Waals surface area contributed by atoms with E-state index < -0.39 is 0 Å². The molecule has 0 heterocycles. The second-order valence-corrected chi connectivity index (χ2v) is 3.30. The minimum absolute atomic E-state index is 0.0788. The van der Waals surface area contributed by atoms with Crippen molar-refractivity contribution >= 4 is 5.91 Å². The van der Waals surface area contributed by atoms with Crippen LogP contribution in [0.2, 0.25) is 0 Å². The van der Waals surface area contributed by atoms with Crippen LogP contribution in [-0.2, 0) is 4.79 Å². The molecule has 1 aliphatic rings. The van der Waals surface area contributed by atoms with E-state index in [0.29, 0.717) is 0 Å². The number of carbonyl (C=O) groups is 1. The maximum absolute atomic E-state index is 10.9. The van der Waals surface area contributed by atoms with Gasteiger partial charge in [-0.2, -0.15) is 0 Å². The lowest BCUT2D eigenvalue weighted by molar-refractivity contribution is -0.120. The van der Waals surface area contributed by atoms with Gasteiger partial charge in [-0.1, -0.05) is 30.2 Å². The first kappa shape index (κ1) is 9.04. The molecule has 1 aliphatic carbocycles. The van der Waals surface area contributed by atoms with Gasteiger partial charge in [0, 0.05) is 0 Å². The molecule has 2 heteroatoms. The summed E-state index contributed by atoms with van der Waals surface area (Å²) in [7, 11) is 0. The number of hydrogen-bond donors (Lipinski definition) is 1. The Morgan fingerprint density at radius 3 is 2.92 bits per heavy atom. The smallest absolute Gasteiger partial charge is 0.224 e. The molecule has 1 atom stereocenters. The Balaban J connectivity index is 2.81. The fourth-order valence-corrected chi connectivity index (χ4v) is 1.49. The molecule has 0 aromatic carbocycles. The Morgan fingerprint density at radius 1 is 1.75 bits per heavy atom. The molecule has 0 bridgehead atoms. The number of hydrogen-bond acceptors (Lipinski definition) is 1. The third kappa shape index (κ3) is 1.97. The first-order chi connectivity index (χ1) is 5.63. The van der Waals surface area contributed by atoms with Crippen LogP contribution >= 0.6 is 0 Å². The Labute approximate surface area is 73.1 Å². The van der Waals surface area contributed by atoms with Crippen molar-refractivity contribution in [2.24, 2.45) is 11.7 Å². The van der Waals surface area contributed by atoms with E-state index in [1.807, 2.05) is 13.0 Å². The molecule has 0 aromatic heterocycles. The van der Waals surface area contributed by atoms with Gasteiger partial charge in [0.05, 0.1) is 5.92 Å². The van der Waals surface area contributed by atoms with Crippen molar-refractivity contribution in [3.63, 3.8) is 0 Å². The van der Waals surface area contributed by atoms with Crippen LogP contribution in [0.4, 0.5) is 0 Å². The van der Waals surface area contributed by atoms with Gasteiger partial charge in [0.2, 0.25) is 5.91 Å². The summed E-state index contributed by atoms with van der Waals surface area (Å²) >= 11 is 0. The van der Waals surface area contributed by atoms with Gasteiger partial charge in [-0.05, 0) is 19.8 Å². The Hall–Kier alpha value is -1.05. The summed E-state index contributed by atoms with van der Waals surface area (Å²) < 4.78 is 0. The Kier molecular flexibility index (Phi) is 2.69. The van der Waals surface area contributed by atoms with E-state index >= 15 is 0 Å². The molecule has 0 spiro atoms. The summed E-state index contributed by atoms with van der Waals surface area (Å²) in [5.74, 6) is -0.293. The van der Waals surface area contributed by atoms with Gasteiger partial charge < -0.3 is 5.73 Å². The number of rotatable bonds is 2. The number of amides is 1. The topological polar surface area (TPSA) is 43.1 Å². The van der Waals surface area contributed by atoms with Gasteiger partial charge in [-0.25, -0.2) is 0 Å². The van der Waals surface area contributed by atoms with Crippen molar-refractivity contribution in [2.45, 2.75) is 26.7 Å². The standard InChI is InChI=1S/C10H15NO/c1-3-8-4-7(2)5-9(6-8)10(11)12/h4,6,9H,3,5H2,1-2H3,(H2,11,12). The summed E-state index contributed by atoms with van der Waals surface area (Å²) in [6, 6.07) is 0. The van der Waals surface area contributed by atoms with Gasteiger partial charge in [0.15, 0.2) is 0 Å². The zero-order valence-electron chi connectivity index (χ0n) is 7.63. The predicted octanol–water partition coefficient (Wildman–Crippen LogP) is 1.77. The maximum Gasteiger partial charge on any atom is 0.224 e. The highest BCUT2D eigenvalue weighted by Crippen LogP contribution is 2.23. The highest BCUT2D eigenvalue weighted by molar-refractivity contribution is 5.79. The van der Waals surface area contributed by atoms with Gasteiger partial charge >= 0.3 is 0 Å². The lowest BCUT2D eigenvalue weighted by Crippen LogP contribution is -2.23. The molecule has 66 valence electrons. The molecular formula is C10H15NO. The average molecular weight is 165 g/mol. The van der Waals surface area contributed by atoms with E-state index in [-0.39, 0.29) is 11.8 Å². The molecule has 0 radical (unpaired) electrons. The Morgan fingerprint density at radius 2 is 2.42 bits per heavy atom. The molecule has 0 aromatic rings.